The molecule has 0 saturated heterocycles. The summed E-state index contributed by atoms with van der Waals surface area (Å²) in [7, 11) is 0. The molecule has 0 amide bonds. The van der Waals surface area contributed by atoms with Crippen LogP contribution in [-0.2, 0) is 12.8 Å². The molecule has 2 heterocycles. The van der Waals surface area contributed by atoms with E-state index in [2.05, 4.69) is 58.1 Å². The van der Waals surface area contributed by atoms with E-state index in [0.717, 1.165) is 37.0 Å². The van der Waals surface area contributed by atoms with Crippen molar-refractivity contribution in [2.45, 2.75) is 69.2 Å². The molecule has 1 saturated carbocycles. The summed E-state index contributed by atoms with van der Waals surface area (Å²) in [6.45, 7) is 2.62. The summed E-state index contributed by atoms with van der Waals surface area (Å²) in [5, 5.41) is 26.8. The largest absolute Gasteiger partial charge is 0.487 e. The minimum absolute atomic E-state index is 0.0655. The normalized spacial score (nSPS) is 19.8. The molecule has 1 spiro atoms. The maximum atomic E-state index is 11.3. The van der Waals surface area contributed by atoms with E-state index in [4.69, 9.17) is 16.3 Å². The summed E-state index contributed by atoms with van der Waals surface area (Å²) in [4.78, 5) is 0. The number of hydrogen-bond donors (Lipinski definition) is 3. The number of aromatic nitrogens is 2. The first-order valence-corrected chi connectivity index (χ1v) is 12.9. The van der Waals surface area contributed by atoms with E-state index in [-0.39, 0.29) is 17.7 Å². The van der Waals surface area contributed by atoms with Crippen LogP contribution in [0.3, 0.4) is 0 Å². The number of aliphatic hydroxyl groups excluding tert-OH is 1. The van der Waals surface area contributed by atoms with Gasteiger partial charge in [0.05, 0.1) is 12.1 Å². The lowest BCUT2D eigenvalue weighted by Crippen LogP contribution is -2.50. The van der Waals surface area contributed by atoms with Gasteiger partial charge in [0.25, 0.3) is 0 Å². The van der Waals surface area contributed by atoms with E-state index in [1.165, 1.54) is 17.5 Å². The average molecular weight is 493 g/mol. The molecule has 2 aliphatic rings. The van der Waals surface area contributed by atoms with Crippen molar-refractivity contribution in [1.82, 2.24) is 15.5 Å². The molecule has 6 nitrogen and oxygen atoms in total. The number of aliphatic hydroxyl groups is 1. The second kappa shape index (κ2) is 10.5. The Morgan fingerprint density at radius 1 is 1.09 bits per heavy atom. The molecule has 5 rings (SSSR count). The molecular formula is C28H33ClN4O2. The lowest BCUT2D eigenvalue weighted by Gasteiger charge is -2.48. The number of aryl methyl sites for hydroxylation is 1. The first-order valence-electron chi connectivity index (χ1n) is 12.6. The van der Waals surface area contributed by atoms with Gasteiger partial charge in [-0.3, -0.25) is 0 Å². The highest BCUT2D eigenvalue weighted by molar-refractivity contribution is 6.29. The molecule has 1 aliphatic carbocycles. The third-order valence-corrected chi connectivity index (χ3v) is 7.53. The van der Waals surface area contributed by atoms with E-state index >= 15 is 0 Å². The number of rotatable bonds is 9. The van der Waals surface area contributed by atoms with Crippen LogP contribution in [0.1, 0.15) is 55.3 Å². The predicted molar refractivity (Wildman–Crippen MR) is 139 cm³/mol. The zero-order valence-corrected chi connectivity index (χ0v) is 20.8. The first kappa shape index (κ1) is 24.0. The van der Waals surface area contributed by atoms with Crippen LogP contribution in [0.25, 0.3) is 0 Å². The summed E-state index contributed by atoms with van der Waals surface area (Å²) in [5.74, 6) is 1.57. The van der Waals surface area contributed by atoms with Gasteiger partial charge < -0.3 is 20.5 Å². The number of ether oxygens (including phenoxy) is 1. The van der Waals surface area contributed by atoms with Crippen molar-refractivity contribution < 1.29 is 9.84 Å². The Hall–Kier alpha value is -2.67. The van der Waals surface area contributed by atoms with Crippen molar-refractivity contribution in [3.63, 3.8) is 0 Å². The van der Waals surface area contributed by atoms with Gasteiger partial charge in [-0.1, -0.05) is 61.0 Å². The van der Waals surface area contributed by atoms with E-state index in [1.807, 2.05) is 18.2 Å². The Morgan fingerprint density at radius 3 is 2.60 bits per heavy atom. The molecule has 0 radical (unpaired) electrons. The molecule has 1 aromatic heterocycles. The smallest absolute Gasteiger partial charge is 0.151 e. The van der Waals surface area contributed by atoms with Crippen LogP contribution in [0.5, 0.6) is 5.75 Å². The predicted octanol–water partition coefficient (Wildman–Crippen LogP) is 5.11. The molecule has 0 bridgehead atoms. The van der Waals surface area contributed by atoms with Crippen LogP contribution in [0.2, 0.25) is 5.15 Å². The molecule has 3 aromatic rings. The van der Waals surface area contributed by atoms with Crippen LogP contribution in [-0.4, -0.2) is 39.6 Å². The Labute approximate surface area is 212 Å². The Bertz CT molecular complexity index is 1120. The number of hydrogen-bond acceptors (Lipinski definition) is 6. The highest BCUT2D eigenvalue weighted by atomic mass is 35.5. The number of halogens is 1. The fraction of sp³-hybridized carbons (Fsp3) is 0.429. The second-order valence-corrected chi connectivity index (χ2v) is 10.2. The monoisotopic (exact) mass is 492 g/mol. The molecule has 0 unspecified atom stereocenters. The Kier molecular flexibility index (Phi) is 7.23. The van der Waals surface area contributed by atoms with Crippen LogP contribution in [0.4, 0.5) is 5.82 Å². The third-order valence-electron chi connectivity index (χ3n) is 7.33. The number of nitrogens with zero attached hydrogens (tertiary/aromatic N) is 2. The zero-order valence-electron chi connectivity index (χ0n) is 20.1. The lowest BCUT2D eigenvalue weighted by molar-refractivity contribution is -0.0380. The van der Waals surface area contributed by atoms with Gasteiger partial charge in [0.15, 0.2) is 5.15 Å². The molecule has 2 aromatic carbocycles. The summed E-state index contributed by atoms with van der Waals surface area (Å²) < 4.78 is 6.47. The lowest BCUT2D eigenvalue weighted by atomic mass is 9.72. The molecule has 3 N–H and O–H groups in total. The molecule has 1 aliphatic heterocycles. The van der Waals surface area contributed by atoms with Crippen LogP contribution < -0.4 is 15.4 Å². The van der Waals surface area contributed by atoms with Crippen molar-refractivity contribution >= 4 is 17.4 Å². The molecule has 3 atom stereocenters. The van der Waals surface area contributed by atoms with Crippen LogP contribution >= 0.6 is 11.6 Å². The van der Waals surface area contributed by atoms with Gasteiger partial charge in [-0.05, 0) is 61.4 Å². The number of nitrogens with one attached hydrogen (secondary N) is 2. The number of anilines is 1. The summed E-state index contributed by atoms with van der Waals surface area (Å²) in [6, 6.07) is 20.1. The molecule has 1 fully saturated rings. The van der Waals surface area contributed by atoms with Gasteiger partial charge in [-0.15, -0.1) is 10.2 Å². The quantitative estimate of drug-likeness (QED) is 0.385. The van der Waals surface area contributed by atoms with Gasteiger partial charge in [0.2, 0.25) is 0 Å². The Balaban J connectivity index is 1.32. The highest BCUT2D eigenvalue weighted by Crippen LogP contribution is 2.49. The third kappa shape index (κ3) is 5.61. The minimum Gasteiger partial charge on any atom is -0.487 e. The number of fused-ring (bicyclic) bond motifs is 1. The maximum Gasteiger partial charge on any atom is 0.151 e. The molecular weight excluding hydrogens is 460 g/mol. The van der Waals surface area contributed by atoms with Crippen LogP contribution in [0, 0.1) is 0 Å². The van der Waals surface area contributed by atoms with E-state index in [1.54, 1.807) is 12.1 Å². The van der Waals surface area contributed by atoms with E-state index < -0.39 is 6.10 Å². The first-order chi connectivity index (χ1) is 17.0. The minimum atomic E-state index is -0.648. The summed E-state index contributed by atoms with van der Waals surface area (Å²) in [5.41, 5.74) is 3.58. The summed E-state index contributed by atoms with van der Waals surface area (Å²) in [6.07, 6.45) is 5.32. The fourth-order valence-electron chi connectivity index (χ4n) is 5.14. The van der Waals surface area contributed by atoms with Crippen LogP contribution in [0.15, 0.2) is 60.7 Å². The summed E-state index contributed by atoms with van der Waals surface area (Å²) >= 11 is 5.91. The SMILES string of the molecule is CCc1ccc2c(c1)[C@@H](NC[C@@H](O)[C@H](Cc1ccccc1)Nc1ccc(Cl)nn1)CC1(CCC1)O2. The molecule has 184 valence electrons. The van der Waals surface area contributed by atoms with Gasteiger partial charge in [-0.2, -0.15) is 0 Å². The van der Waals surface area contributed by atoms with Gasteiger partial charge in [-0.25, -0.2) is 0 Å². The van der Waals surface area contributed by atoms with Gasteiger partial charge >= 0.3 is 0 Å². The molecule has 35 heavy (non-hydrogen) atoms. The molecule has 7 heteroatoms. The van der Waals surface area contributed by atoms with Crippen molar-refractivity contribution in [2.75, 3.05) is 11.9 Å². The van der Waals surface area contributed by atoms with Gasteiger partial charge in [0, 0.05) is 24.6 Å². The van der Waals surface area contributed by atoms with E-state index in [0.29, 0.717) is 23.9 Å². The average Bonchev–Trinajstić information content (AvgIpc) is 2.87. The maximum absolute atomic E-state index is 11.3. The zero-order chi connectivity index (χ0) is 24.3. The van der Waals surface area contributed by atoms with E-state index in [9.17, 15) is 5.11 Å². The standard InChI is InChI=1S/C28H33ClN4O2/c1-2-19-9-10-25-21(15-19)23(17-28(35-25)13-6-14-28)30-18-24(34)22(16-20-7-4-3-5-8-20)31-27-12-11-26(29)32-33-27/h3-5,7-12,15,22-24,30,34H,2,6,13-14,16-18H2,1H3,(H,31,33)/t22-,23-,24+/m0/s1. The fourth-order valence-corrected chi connectivity index (χ4v) is 5.24. The van der Waals surface area contributed by atoms with Gasteiger partial charge in [0.1, 0.15) is 17.2 Å². The van der Waals surface area contributed by atoms with Crippen molar-refractivity contribution in [1.29, 1.82) is 0 Å². The van der Waals surface area contributed by atoms with Crippen molar-refractivity contribution in [3.05, 3.63) is 82.5 Å². The highest BCUT2D eigenvalue weighted by Gasteiger charge is 2.45. The Morgan fingerprint density at radius 2 is 1.91 bits per heavy atom. The van der Waals surface area contributed by atoms with Crippen molar-refractivity contribution in [2.24, 2.45) is 0 Å². The van der Waals surface area contributed by atoms with Crippen molar-refractivity contribution in [3.8, 4) is 5.75 Å². The second-order valence-electron chi connectivity index (χ2n) is 9.78. The number of benzene rings is 2. The topological polar surface area (TPSA) is 79.3 Å².